The van der Waals surface area contributed by atoms with Gasteiger partial charge in [0.15, 0.2) is 0 Å². The van der Waals surface area contributed by atoms with Crippen molar-refractivity contribution in [3.8, 4) is 0 Å². The molecule has 1 aliphatic rings. The second-order valence-corrected chi connectivity index (χ2v) is 4.20. The Morgan fingerprint density at radius 1 is 1.60 bits per heavy atom. The Morgan fingerprint density at radius 2 is 2.20 bits per heavy atom. The van der Waals surface area contributed by atoms with Crippen LogP contribution in [-0.2, 0) is 10.0 Å². The molecular weight excluding hydrogens is 150 g/mol. The highest BCUT2D eigenvalue weighted by molar-refractivity contribution is 7.90. The van der Waals surface area contributed by atoms with Crippen molar-refractivity contribution >= 4 is 10.0 Å². The molecule has 0 saturated heterocycles. The summed E-state index contributed by atoms with van der Waals surface area (Å²) >= 11 is 0. The van der Waals surface area contributed by atoms with E-state index in [4.69, 9.17) is 0 Å². The second kappa shape index (κ2) is 2.27. The van der Waals surface area contributed by atoms with Gasteiger partial charge in [0.2, 0.25) is 10.0 Å². The van der Waals surface area contributed by atoms with Crippen LogP contribution in [0.4, 0.5) is 0 Å². The van der Waals surface area contributed by atoms with Crippen LogP contribution in [0.5, 0.6) is 0 Å². The highest BCUT2D eigenvalue weighted by atomic mass is 32.2. The Morgan fingerprint density at radius 3 is 2.40 bits per heavy atom. The molecule has 58 valence electrons. The molecule has 0 radical (unpaired) electrons. The average molecular weight is 161 g/mol. The van der Waals surface area contributed by atoms with Gasteiger partial charge in [-0.2, -0.15) is 0 Å². The van der Waals surface area contributed by atoms with Crippen molar-refractivity contribution < 1.29 is 8.42 Å². The molecule has 0 fully saturated rings. The smallest absolute Gasteiger partial charge is 0.236 e. The van der Waals surface area contributed by atoms with E-state index in [1.807, 2.05) is 13.8 Å². The second-order valence-electron chi connectivity index (χ2n) is 2.47. The van der Waals surface area contributed by atoms with Crippen LogP contribution in [-0.4, -0.2) is 14.2 Å². The molecule has 3 nitrogen and oxygen atoms in total. The molecule has 0 aliphatic carbocycles. The van der Waals surface area contributed by atoms with Gasteiger partial charge >= 0.3 is 0 Å². The summed E-state index contributed by atoms with van der Waals surface area (Å²) < 4.78 is 24.2. The topological polar surface area (TPSA) is 46.2 Å². The molecule has 1 heterocycles. The number of hydrogen-bond donors (Lipinski definition) is 1. The molecule has 0 unspecified atom stereocenters. The van der Waals surface area contributed by atoms with E-state index in [1.54, 1.807) is 0 Å². The molecule has 0 aromatic carbocycles. The van der Waals surface area contributed by atoms with Crippen molar-refractivity contribution in [2.24, 2.45) is 0 Å². The average Bonchev–Trinajstić information content (AvgIpc) is 2.05. The van der Waals surface area contributed by atoms with Gasteiger partial charge in [0.25, 0.3) is 0 Å². The van der Waals surface area contributed by atoms with E-state index in [0.717, 1.165) is 17.7 Å². The molecule has 0 bridgehead atoms. The minimum Gasteiger partial charge on any atom is -0.287 e. The van der Waals surface area contributed by atoms with Gasteiger partial charge in [0, 0.05) is 5.70 Å². The van der Waals surface area contributed by atoms with Crippen LogP contribution in [0.1, 0.15) is 20.3 Å². The van der Waals surface area contributed by atoms with Gasteiger partial charge in [-0.25, -0.2) is 8.42 Å². The summed E-state index contributed by atoms with van der Waals surface area (Å²) in [7, 11) is -2.98. The van der Waals surface area contributed by atoms with Crippen LogP contribution < -0.4 is 4.72 Å². The quantitative estimate of drug-likeness (QED) is 0.612. The third kappa shape index (κ3) is 1.31. The molecule has 0 amide bonds. The highest BCUT2D eigenvalue weighted by Gasteiger charge is 2.21. The summed E-state index contributed by atoms with van der Waals surface area (Å²) in [6, 6.07) is 0. The maximum atomic E-state index is 10.9. The van der Waals surface area contributed by atoms with Gasteiger partial charge in [-0.1, -0.05) is 6.92 Å². The molecule has 4 heteroatoms. The lowest BCUT2D eigenvalue weighted by Gasteiger charge is -1.97. The lowest BCUT2D eigenvalue weighted by molar-refractivity contribution is 0.594. The maximum absolute atomic E-state index is 10.9. The fourth-order valence-corrected chi connectivity index (χ4v) is 2.57. The molecule has 0 aromatic rings. The first-order chi connectivity index (χ1) is 4.55. The van der Waals surface area contributed by atoms with Crippen molar-refractivity contribution in [1.82, 2.24) is 4.72 Å². The van der Waals surface area contributed by atoms with E-state index < -0.39 is 10.0 Å². The molecule has 1 N–H and O–H groups in total. The van der Waals surface area contributed by atoms with Crippen molar-refractivity contribution in [2.45, 2.75) is 20.3 Å². The zero-order chi connectivity index (χ0) is 7.78. The fourth-order valence-electron chi connectivity index (χ4n) is 1.06. The number of rotatable bonds is 1. The SMILES string of the molecule is CCC1=C(C)CS(=O)(=O)N1. The van der Waals surface area contributed by atoms with Crippen LogP contribution in [0.3, 0.4) is 0 Å². The van der Waals surface area contributed by atoms with Crippen LogP contribution in [0.15, 0.2) is 11.3 Å². The largest absolute Gasteiger partial charge is 0.287 e. The van der Waals surface area contributed by atoms with E-state index in [9.17, 15) is 8.42 Å². The summed E-state index contributed by atoms with van der Waals surface area (Å²) in [5, 5.41) is 0. The van der Waals surface area contributed by atoms with E-state index in [2.05, 4.69) is 4.72 Å². The minimum atomic E-state index is -2.98. The first-order valence-electron chi connectivity index (χ1n) is 3.24. The number of hydrogen-bond acceptors (Lipinski definition) is 2. The van der Waals surface area contributed by atoms with Gasteiger partial charge in [-0.05, 0) is 18.9 Å². The van der Waals surface area contributed by atoms with Gasteiger partial charge in [-0.15, -0.1) is 0 Å². The minimum absolute atomic E-state index is 0.177. The van der Waals surface area contributed by atoms with E-state index in [0.29, 0.717) is 0 Å². The molecule has 0 atom stereocenters. The van der Waals surface area contributed by atoms with E-state index in [-0.39, 0.29) is 5.75 Å². The standard InChI is InChI=1S/C6H11NO2S/c1-3-6-5(2)4-10(8,9)7-6/h7H,3-4H2,1-2H3. The lowest BCUT2D eigenvalue weighted by atomic mass is 10.2. The van der Waals surface area contributed by atoms with Gasteiger partial charge in [0.1, 0.15) is 0 Å². The molecule has 0 saturated carbocycles. The Bertz CT molecular complexity index is 263. The first-order valence-corrected chi connectivity index (χ1v) is 4.89. The molecule has 1 rings (SSSR count). The molecule has 0 aromatic heterocycles. The monoisotopic (exact) mass is 161 g/mol. The Kier molecular flexibility index (Phi) is 1.72. The van der Waals surface area contributed by atoms with Gasteiger partial charge in [-0.3, -0.25) is 4.72 Å². The molecule has 0 spiro atoms. The van der Waals surface area contributed by atoms with Crippen molar-refractivity contribution in [3.05, 3.63) is 11.3 Å². The fraction of sp³-hybridized carbons (Fsp3) is 0.667. The summed E-state index contributed by atoms with van der Waals surface area (Å²) in [4.78, 5) is 0. The zero-order valence-electron chi connectivity index (χ0n) is 6.14. The van der Waals surface area contributed by atoms with E-state index in [1.165, 1.54) is 0 Å². The van der Waals surface area contributed by atoms with Crippen molar-refractivity contribution in [1.29, 1.82) is 0 Å². The van der Waals surface area contributed by atoms with Crippen molar-refractivity contribution in [3.63, 3.8) is 0 Å². The maximum Gasteiger partial charge on any atom is 0.236 e. The predicted molar refractivity (Wildman–Crippen MR) is 39.9 cm³/mol. The lowest BCUT2D eigenvalue weighted by Crippen LogP contribution is -2.17. The van der Waals surface area contributed by atoms with E-state index >= 15 is 0 Å². The van der Waals surface area contributed by atoms with Crippen molar-refractivity contribution in [2.75, 3.05) is 5.75 Å². The highest BCUT2D eigenvalue weighted by Crippen LogP contribution is 2.15. The third-order valence-corrected chi connectivity index (χ3v) is 2.92. The van der Waals surface area contributed by atoms with Gasteiger partial charge in [0.05, 0.1) is 5.75 Å². The molecule has 1 aliphatic heterocycles. The summed E-state index contributed by atoms with van der Waals surface area (Å²) in [5.41, 5.74) is 1.81. The van der Waals surface area contributed by atoms with Crippen LogP contribution in [0.25, 0.3) is 0 Å². The number of allylic oxidation sites excluding steroid dienone is 1. The van der Waals surface area contributed by atoms with Crippen LogP contribution >= 0.6 is 0 Å². The predicted octanol–water partition coefficient (Wildman–Crippen LogP) is 0.603. The molecule has 10 heavy (non-hydrogen) atoms. The first kappa shape index (κ1) is 7.60. The van der Waals surface area contributed by atoms with Gasteiger partial charge < -0.3 is 0 Å². The van der Waals surface area contributed by atoms with Crippen LogP contribution in [0, 0.1) is 0 Å². The Hall–Kier alpha value is -0.510. The number of nitrogens with one attached hydrogen (secondary N) is 1. The summed E-state index contributed by atoms with van der Waals surface area (Å²) in [6.45, 7) is 3.78. The summed E-state index contributed by atoms with van der Waals surface area (Å²) in [5.74, 6) is 0.177. The third-order valence-electron chi connectivity index (χ3n) is 1.55. The Labute approximate surface area is 61.2 Å². The Balaban J connectivity index is 2.88. The summed E-state index contributed by atoms with van der Waals surface area (Å²) in [6.07, 6.45) is 0.769. The normalized spacial score (nSPS) is 23.0. The number of sulfonamides is 1. The van der Waals surface area contributed by atoms with Crippen LogP contribution in [0.2, 0.25) is 0 Å². The molecular formula is C6H11NO2S. The zero-order valence-corrected chi connectivity index (χ0v) is 6.96.